The van der Waals surface area contributed by atoms with Gasteiger partial charge < -0.3 is 16.0 Å². The molecule has 1 aliphatic rings. The van der Waals surface area contributed by atoms with Crippen molar-refractivity contribution in [1.29, 1.82) is 0 Å². The number of nitrogens with one attached hydrogen (secondary N) is 3. The van der Waals surface area contributed by atoms with Crippen LogP contribution in [0.3, 0.4) is 0 Å². The molecular formula is C26H21FN6O2. The first-order valence-electron chi connectivity index (χ1n) is 10.9. The number of carbonyl (C=O) groups excluding carboxylic acids is 2. The van der Waals surface area contributed by atoms with Crippen LogP contribution in [0.1, 0.15) is 18.5 Å². The van der Waals surface area contributed by atoms with Crippen molar-refractivity contribution in [2.75, 3.05) is 5.32 Å². The normalized spacial score (nSPS) is 15.4. The van der Waals surface area contributed by atoms with E-state index in [4.69, 9.17) is 5.10 Å². The summed E-state index contributed by atoms with van der Waals surface area (Å²) >= 11 is 0. The molecule has 0 saturated heterocycles. The molecule has 1 atom stereocenters. The van der Waals surface area contributed by atoms with Gasteiger partial charge in [-0.1, -0.05) is 24.3 Å². The number of pyridine rings is 1. The molecule has 0 saturated carbocycles. The first-order chi connectivity index (χ1) is 17.0. The topological polar surface area (TPSA) is 101 Å². The number of allylic oxidation sites excluding steroid dienone is 1. The maximum Gasteiger partial charge on any atom is 0.319 e. The number of urea groups is 1. The van der Waals surface area contributed by atoms with E-state index in [1.54, 1.807) is 54.3 Å². The summed E-state index contributed by atoms with van der Waals surface area (Å²) in [5.41, 5.74) is 3.25. The fourth-order valence-corrected chi connectivity index (χ4v) is 3.99. The lowest BCUT2D eigenvalue weighted by Gasteiger charge is -2.28. The smallest absolute Gasteiger partial charge is 0.319 e. The van der Waals surface area contributed by atoms with Crippen molar-refractivity contribution in [3.05, 3.63) is 108 Å². The van der Waals surface area contributed by atoms with Crippen molar-refractivity contribution >= 4 is 17.8 Å². The van der Waals surface area contributed by atoms with Gasteiger partial charge in [0.15, 0.2) is 0 Å². The molecule has 4 aromatic rings. The SMILES string of the molecule is CC1=C(C(=O)Nc2ccccn2)C(c2cn(-c3ccccc3)nc2-c2ccc(F)cc2)NC(=O)N1. The van der Waals surface area contributed by atoms with E-state index in [2.05, 4.69) is 20.9 Å². The summed E-state index contributed by atoms with van der Waals surface area (Å²) in [6, 6.07) is 19.3. The Balaban J connectivity index is 1.63. The average Bonchev–Trinajstić information content (AvgIpc) is 3.30. The van der Waals surface area contributed by atoms with Gasteiger partial charge in [-0.2, -0.15) is 5.10 Å². The standard InChI is InChI=1S/C26H21FN6O2/c1-16-22(25(34)30-21-9-5-6-14-28-21)24(31-26(35)29-16)20-15-33(19-7-3-2-4-8-19)32-23(20)17-10-12-18(27)13-11-17/h2-15,24H,1H3,(H,28,30,34)(H2,29,31,35). The highest BCUT2D eigenvalue weighted by atomic mass is 19.1. The Morgan fingerprint density at radius 2 is 1.77 bits per heavy atom. The summed E-state index contributed by atoms with van der Waals surface area (Å²) in [5, 5.41) is 13.0. The van der Waals surface area contributed by atoms with Gasteiger partial charge in [0.2, 0.25) is 0 Å². The van der Waals surface area contributed by atoms with Crippen LogP contribution in [0.5, 0.6) is 0 Å². The highest BCUT2D eigenvalue weighted by Gasteiger charge is 2.34. The molecule has 0 fully saturated rings. The Morgan fingerprint density at radius 3 is 2.49 bits per heavy atom. The van der Waals surface area contributed by atoms with Gasteiger partial charge in [-0.3, -0.25) is 4.79 Å². The van der Waals surface area contributed by atoms with Crippen molar-refractivity contribution in [2.45, 2.75) is 13.0 Å². The lowest BCUT2D eigenvalue weighted by Crippen LogP contribution is -2.46. The van der Waals surface area contributed by atoms with Crippen molar-refractivity contribution in [3.63, 3.8) is 0 Å². The summed E-state index contributed by atoms with van der Waals surface area (Å²) < 4.78 is 15.3. The Morgan fingerprint density at radius 1 is 1.03 bits per heavy atom. The van der Waals surface area contributed by atoms with E-state index >= 15 is 0 Å². The number of benzene rings is 2. The minimum atomic E-state index is -0.815. The van der Waals surface area contributed by atoms with Gasteiger partial charge >= 0.3 is 6.03 Å². The lowest BCUT2D eigenvalue weighted by atomic mass is 9.93. The third-order valence-corrected chi connectivity index (χ3v) is 5.61. The minimum absolute atomic E-state index is 0.311. The number of halogens is 1. The van der Waals surface area contributed by atoms with E-state index in [9.17, 15) is 14.0 Å². The molecule has 2 aromatic heterocycles. The molecule has 0 aliphatic carbocycles. The van der Waals surface area contributed by atoms with Crippen LogP contribution in [0.15, 0.2) is 96.5 Å². The zero-order chi connectivity index (χ0) is 24.4. The zero-order valence-electron chi connectivity index (χ0n) is 18.7. The molecular weight excluding hydrogens is 447 g/mol. The Hall–Kier alpha value is -4.79. The van der Waals surface area contributed by atoms with Crippen LogP contribution >= 0.6 is 0 Å². The van der Waals surface area contributed by atoms with Crippen LogP contribution in [-0.4, -0.2) is 26.7 Å². The molecule has 9 heteroatoms. The molecule has 2 aromatic carbocycles. The summed E-state index contributed by atoms with van der Waals surface area (Å²) in [5.74, 6) is -0.414. The molecule has 0 bridgehead atoms. The van der Waals surface area contributed by atoms with Gasteiger partial charge in [0, 0.05) is 29.2 Å². The van der Waals surface area contributed by atoms with Gasteiger partial charge in [-0.05, 0) is 55.5 Å². The number of rotatable bonds is 5. The third kappa shape index (κ3) is 4.51. The Labute approximate surface area is 200 Å². The van der Waals surface area contributed by atoms with E-state index in [0.29, 0.717) is 33.9 Å². The number of anilines is 1. The first-order valence-corrected chi connectivity index (χ1v) is 10.9. The maximum atomic E-state index is 13.6. The predicted octanol–water partition coefficient (Wildman–Crippen LogP) is 4.34. The van der Waals surface area contributed by atoms with E-state index < -0.39 is 18.0 Å². The van der Waals surface area contributed by atoms with Gasteiger partial charge in [-0.25, -0.2) is 18.9 Å². The molecule has 3 heterocycles. The third-order valence-electron chi connectivity index (χ3n) is 5.61. The van der Waals surface area contributed by atoms with Crippen molar-refractivity contribution < 1.29 is 14.0 Å². The maximum absolute atomic E-state index is 13.6. The number of amides is 3. The number of hydrogen-bond acceptors (Lipinski definition) is 4. The van der Waals surface area contributed by atoms with Gasteiger partial charge in [0.1, 0.15) is 11.6 Å². The van der Waals surface area contributed by atoms with E-state index in [-0.39, 0.29) is 5.82 Å². The molecule has 3 amide bonds. The second-order valence-electron chi connectivity index (χ2n) is 7.96. The van der Waals surface area contributed by atoms with E-state index in [1.807, 2.05) is 30.3 Å². The molecule has 0 spiro atoms. The van der Waals surface area contributed by atoms with Crippen molar-refractivity contribution in [1.82, 2.24) is 25.4 Å². The quantitative estimate of drug-likeness (QED) is 0.406. The summed E-state index contributed by atoms with van der Waals surface area (Å²) in [7, 11) is 0. The number of carbonyl (C=O) groups is 2. The minimum Gasteiger partial charge on any atom is -0.327 e. The highest BCUT2D eigenvalue weighted by molar-refractivity contribution is 6.06. The molecule has 1 aliphatic heterocycles. The number of para-hydroxylation sites is 1. The molecule has 3 N–H and O–H groups in total. The average molecular weight is 468 g/mol. The second kappa shape index (κ2) is 9.22. The predicted molar refractivity (Wildman–Crippen MR) is 129 cm³/mol. The van der Waals surface area contributed by atoms with Crippen LogP contribution < -0.4 is 16.0 Å². The van der Waals surface area contributed by atoms with Crippen LogP contribution in [0, 0.1) is 5.82 Å². The monoisotopic (exact) mass is 468 g/mol. The molecule has 0 radical (unpaired) electrons. The summed E-state index contributed by atoms with van der Waals surface area (Å²) in [6.07, 6.45) is 3.34. The second-order valence-corrected chi connectivity index (χ2v) is 7.96. The number of nitrogens with zero attached hydrogens (tertiary/aromatic N) is 3. The fourth-order valence-electron chi connectivity index (χ4n) is 3.99. The van der Waals surface area contributed by atoms with Crippen LogP contribution in [0.2, 0.25) is 0 Å². The van der Waals surface area contributed by atoms with E-state index in [1.165, 1.54) is 12.1 Å². The first kappa shape index (κ1) is 22.0. The van der Waals surface area contributed by atoms with Crippen LogP contribution in [0.25, 0.3) is 16.9 Å². The number of hydrogen-bond donors (Lipinski definition) is 3. The number of aromatic nitrogens is 3. The highest BCUT2D eigenvalue weighted by Crippen LogP contribution is 2.35. The summed E-state index contributed by atoms with van der Waals surface area (Å²) in [6.45, 7) is 1.66. The van der Waals surface area contributed by atoms with E-state index in [0.717, 1.165) is 5.69 Å². The molecule has 35 heavy (non-hydrogen) atoms. The van der Waals surface area contributed by atoms with Gasteiger partial charge in [-0.15, -0.1) is 0 Å². The Bertz CT molecular complexity index is 1420. The van der Waals surface area contributed by atoms with Gasteiger partial charge in [0.25, 0.3) is 5.91 Å². The van der Waals surface area contributed by atoms with Crippen LogP contribution in [0.4, 0.5) is 15.0 Å². The zero-order valence-corrected chi connectivity index (χ0v) is 18.7. The molecule has 174 valence electrons. The van der Waals surface area contributed by atoms with Crippen molar-refractivity contribution in [3.8, 4) is 16.9 Å². The molecule has 1 unspecified atom stereocenters. The molecule has 8 nitrogen and oxygen atoms in total. The Kier molecular flexibility index (Phi) is 5.80. The van der Waals surface area contributed by atoms with Crippen LogP contribution in [-0.2, 0) is 4.79 Å². The largest absolute Gasteiger partial charge is 0.327 e. The lowest BCUT2D eigenvalue weighted by molar-refractivity contribution is -0.113. The van der Waals surface area contributed by atoms with Crippen molar-refractivity contribution in [2.24, 2.45) is 0 Å². The summed E-state index contributed by atoms with van der Waals surface area (Å²) in [4.78, 5) is 30.0. The molecule has 5 rings (SSSR count). The fraction of sp³-hybridized carbons (Fsp3) is 0.0769. The van der Waals surface area contributed by atoms with Gasteiger partial charge in [0.05, 0.1) is 23.0 Å².